The molecule has 5 heteroatoms. The van der Waals surface area contributed by atoms with Crippen LogP contribution in [0.3, 0.4) is 0 Å². The van der Waals surface area contributed by atoms with Crippen molar-refractivity contribution in [3.63, 3.8) is 0 Å². The van der Waals surface area contributed by atoms with Gasteiger partial charge in [-0.15, -0.1) is 0 Å². The van der Waals surface area contributed by atoms with Crippen molar-refractivity contribution in [2.24, 2.45) is 0 Å². The number of nitrogens with one attached hydrogen (secondary N) is 1. The summed E-state index contributed by atoms with van der Waals surface area (Å²) in [4.78, 5) is 24.9. The predicted molar refractivity (Wildman–Crippen MR) is 102 cm³/mol. The molecule has 1 aliphatic carbocycles. The van der Waals surface area contributed by atoms with Gasteiger partial charge >= 0.3 is 12.1 Å². The highest BCUT2D eigenvalue weighted by Gasteiger charge is 2.27. The van der Waals surface area contributed by atoms with Gasteiger partial charge in [0.05, 0.1) is 0 Å². The Kier molecular flexibility index (Phi) is 6.63. The lowest BCUT2D eigenvalue weighted by atomic mass is 10.0. The van der Waals surface area contributed by atoms with Crippen LogP contribution >= 0.6 is 0 Å². The molecule has 1 unspecified atom stereocenters. The first-order valence-electron chi connectivity index (χ1n) is 9.11. The Morgan fingerprint density at radius 3 is 2.41 bits per heavy atom. The zero-order valence-corrected chi connectivity index (χ0v) is 15.0. The van der Waals surface area contributed by atoms with Gasteiger partial charge in [0, 0.05) is 0 Å². The van der Waals surface area contributed by atoms with Crippen molar-refractivity contribution < 1.29 is 19.1 Å². The Balaban J connectivity index is 1.64. The summed E-state index contributed by atoms with van der Waals surface area (Å²) in [5.74, 6) is -0.491. The van der Waals surface area contributed by atoms with Crippen LogP contribution in [0.2, 0.25) is 0 Å². The van der Waals surface area contributed by atoms with Crippen LogP contribution in [0.4, 0.5) is 4.79 Å². The summed E-state index contributed by atoms with van der Waals surface area (Å²) in [5.41, 5.74) is 1.53. The molecular formula is C22H23NO4. The first-order chi connectivity index (χ1) is 13.2. The second-order valence-electron chi connectivity index (χ2n) is 6.38. The minimum Gasteiger partial charge on any atom is -0.456 e. The average Bonchev–Trinajstić information content (AvgIpc) is 2.72. The topological polar surface area (TPSA) is 64.6 Å². The Morgan fingerprint density at radius 2 is 1.74 bits per heavy atom. The predicted octanol–water partition coefficient (Wildman–Crippen LogP) is 4.31. The molecule has 0 bridgehead atoms. The number of ether oxygens (including phenoxy) is 2. The SMILES string of the molecule is O=C(N[C@@H](C(=O)OC1C=CCCC1)c1ccccc1)OCc1ccccc1. The van der Waals surface area contributed by atoms with Crippen molar-refractivity contribution in [2.45, 2.75) is 38.0 Å². The Labute approximate surface area is 159 Å². The second-order valence-corrected chi connectivity index (χ2v) is 6.38. The van der Waals surface area contributed by atoms with E-state index < -0.39 is 18.1 Å². The number of esters is 1. The van der Waals surface area contributed by atoms with Crippen LogP contribution < -0.4 is 5.32 Å². The van der Waals surface area contributed by atoms with E-state index in [1.165, 1.54) is 0 Å². The summed E-state index contributed by atoms with van der Waals surface area (Å²) in [5, 5.41) is 2.63. The fourth-order valence-corrected chi connectivity index (χ4v) is 2.90. The van der Waals surface area contributed by atoms with E-state index >= 15 is 0 Å². The number of benzene rings is 2. The third-order valence-electron chi connectivity index (χ3n) is 4.32. The van der Waals surface area contributed by atoms with E-state index in [0.717, 1.165) is 24.8 Å². The molecule has 1 amide bonds. The maximum absolute atomic E-state index is 12.7. The molecule has 0 aliphatic heterocycles. The van der Waals surface area contributed by atoms with E-state index in [0.29, 0.717) is 5.56 Å². The lowest BCUT2D eigenvalue weighted by Gasteiger charge is -2.22. The zero-order chi connectivity index (χ0) is 18.9. The highest BCUT2D eigenvalue weighted by Crippen LogP contribution is 2.19. The molecule has 3 rings (SSSR count). The molecule has 0 spiro atoms. The first kappa shape index (κ1) is 18.7. The maximum atomic E-state index is 12.7. The van der Waals surface area contributed by atoms with Crippen LogP contribution in [0.25, 0.3) is 0 Å². The van der Waals surface area contributed by atoms with Gasteiger partial charge in [-0.25, -0.2) is 9.59 Å². The molecule has 0 saturated carbocycles. The zero-order valence-electron chi connectivity index (χ0n) is 15.0. The molecule has 0 fully saturated rings. The van der Waals surface area contributed by atoms with Gasteiger partial charge in [-0.3, -0.25) is 0 Å². The van der Waals surface area contributed by atoms with Crippen LogP contribution in [-0.4, -0.2) is 18.2 Å². The Bertz CT molecular complexity index is 773. The van der Waals surface area contributed by atoms with E-state index in [-0.39, 0.29) is 12.7 Å². The van der Waals surface area contributed by atoms with Gasteiger partial charge in [-0.05, 0) is 36.5 Å². The molecule has 2 aromatic carbocycles. The third kappa shape index (κ3) is 5.71. The Morgan fingerprint density at radius 1 is 1.04 bits per heavy atom. The number of allylic oxidation sites excluding steroid dienone is 1. The van der Waals surface area contributed by atoms with Crippen molar-refractivity contribution in [3.05, 3.63) is 83.9 Å². The fraction of sp³-hybridized carbons (Fsp3) is 0.273. The largest absolute Gasteiger partial charge is 0.456 e. The van der Waals surface area contributed by atoms with E-state index in [1.54, 1.807) is 12.1 Å². The smallest absolute Gasteiger partial charge is 0.408 e. The average molecular weight is 365 g/mol. The van der Waals surface area contributed by atoms with E-state index in [2.05, 4.69) is 5.32 Å². The van der Waals surface area contributed by atoms with Crippen LogP contribution in [0.5, 0.6) is 0 Å². The summed E-state index contributed by atoms with van der Waals surface area (Å²) < 4.78 is 10.8. The summed E-state index contributed by atoms with van der Waals surface area (Å²) in [6.45, 7) is 0.134. The third-order valence-corrected chi connectivity index (χ3v) is 4.32. The molecule has 0 saturated heterocycles. The fourth-order valence-electron chi connectivity index (χ4n) is 2.90. The van der Waals surface area contributed by atoms with Crippen LogP contribution in [0.1, 0.15) is 36.4 Å². The van der Waals surface area contributed by atoms with Gasteiger partial charge in [0.1, 0.15) is 12.7 Å². The van der Waals surface area contributed by atoms with Crippen LogP contribution in [0.15, 0.2) is 72.8 Å². The molecule has 0 aromatic heterocycles. The van der Waals surface area contributed by atoms with Crippen molar-refractivity contribution in [1.82, 2.24) is 5.32 Å². The molecule has 1 aliphatic rings. The normalized spacial score (nSPS) is 17.0. The number of alkyl carbamates (subject to hydrolysis) is 1. The molecule has 2 atom stereocenters. The second kappa shape index (κ2) is 9.57. The molecule has 27 heavy (non-hydrogen) atoms. The number of hydrogen-bond acceptors (Lipinski definition) is 4. The Hall–Kier alpha value is -3.08. The highest BCUT2D eigenvalue weighted by atomic mass is 16.6. The number of carbonyl (C=O) groups excluding carboxylic acids is 2. The number of rotatable bonds is 6. The maximum Gasteiger partial charge on any atom is 0.408 e. The molecule has 1 N–H and O–H groups in total. The van der Waals surface area contributed by atoms with Gasteiger partial charge in [-0.1, -0.05) is 66.7 Å². The monoisotopic (exact) mass is 365 g/mol. The molecule has 0 radical (unpaired) electrons. The minimum atomic E-state index is -0.912. The summed E-state index contributed by atoms with van der Waals surface area (Å²) >= 11 is 0. The molecule has 5 nitrogen and oxygen atoms in total. The number of amides is 1. The number of carbonyl (C=O) groups is 2. The van der Waals surface area contributed by atoms with Crippen molar-refractivity contribution in [3.8, 4) is 0 Å². The number of hydrogen-bond donors (Lipinski definition) is 1. The lowest BCUT2D eigenvalue weighted by molar-refractivity contribution is -0.150. The van der Waals surface area contributed by atoms with Crippen molar-refractivity contribution in [1.29, 1.82) is 0 Å². The molecule has 140 valence electrons. The van der Waals surface area contributed by atoms with Crippen molar-refractivity contribution in [2.75, 3.05) is 0 Å². The highest BCUT2D eigenvalue weighted by molar-refractivity contribution is 5.83. The standard InChI is InChI=1S/C22H23NO4/c24-21(27-19-14-8-3-9-15-19)20(18-12-6-2-7-13-18)23-22(25)26-16-17-10-4-1-5-11-17/h1-2,4-8,10-14,19-20H,3,9,15-16H2,(H,23,25)/t19?,20-/m1/s1. The van der Waals surface area contributed by atoms with Gasteiger partial charge in [0.25, 0.3) is 0 Å². The van der Waals surface area contributed by atoms with E-state index in [1.807, 2.05) is 60.7 Å². The summed E-state index contributed by atoms with van der Waals surface area (Å²) in [7, 11) is 0. The first-order valence-corrected chi connectivity index (χ1v) is 9.11. The van der Waals surface area contributed by atoms with Gasteiger partial charge in [0.2, 0.25) is 0 Å². The minimum absolute atomic E-state index is 0.134. The molecule has 0 heterocycles. The summed E-state index contributed by atoms with van der Waals surface area (Å²) in [6.07, 6.45) is 5.78. The van der Waals surface area contributed by atoms with E-state index in [9.17, 15) is 9.59 Å². The van der Waals surface area contributed by atoms with Gasteiger partial charge < -0.3 is 14.8 Å². The van der Waals surface area contributed by atoms with Gasteiger partial charge in [-0.2, -0.15) is 0 Å². The summed E-state index contributed by atoms with van der Waals surface area (Å²) in [6, 6.07) is 17.5. The van der Waals surface area contributed by atoms with E-state index in [4.69, 9.17) is 9.47 Å². The van der Waals surface area contributed by atoms with Crippen molar-refractivity contribution >= 4 is 12.1 Å². The van der Waals surface area contributed by atoms with Gasteiger partial charge in [0.15, 0.2) is 6.04 Å². The molecular weight excluding hydrogens is 342 g/mol. The van der Waals surface area contributed by atoms with Crippen LogP contribution in [0, 0.1) is 0 Å². The molecule has 2 aromatic rings. The lowest BCUT2D eigenvalue weighted by Crippen LogP contribution is -2.36. The van der Waals surface area contributed by atoms with Crippen LogP contribution in [-0.2, 0) is 20.9 Å². The quantitative estimate of drug-likeness (QED) is 0.612.